The highest BCUT2D eigenvalue weighted by Crippen LogP contribution is 2.24. The molecular weight excluding hydrogens is 444 g/mol. The normalized spacial score (nSPS) is 22.2. The van der Waals surface area contributed by atoms with Gasteiger partial charge in [-0.15, -0.1) is 5.10 Å². The van der Waals surface area contributed by atoms with Crippen molar-refractivity contribution >= 4 is 41.3 Å². The predicted molar refractivity (Wildman–Crippen MR) is 124 cm³/mol. The van der Waals surface area contributed by atoms with E-state index in [1.807, 2.05) is 50.3 Å². The molecule has 0 bridgehead atoms. The molecule has 4 amide bonds. The van der Waals surface area contributed by atoms with Gasteiger partial charge in [-0.1, -0.05) is 42.1 Å². The number of allylic oxidation sites excluding steroid dienone is 1. The van der Waals surface area contributed by atoms with Crippen LogP contribution >= 0.6 is 11.8 Å². The zero-order valence-corrected chi connectivity index (χ0v) is 19.4. The van der Waals surface area contributed by atoms with Crippen LogP contribution in [-0.4, -0.2) is 73.5 Å². The molecule has 0 spiro atoms. The third-order valence-corrected chi connectivity index (χ3v) is 6.37. The molecule has 4 rings (SSSR count). The summed E-state index contributed by atoms with van der Waals surface area (Å²) in [5.41, 5.74) is 8.11. The maximum Gasteiger partial charge on any atom is 0.325 e. The second kappa shape index (κ2) is 9.24. The number of carbonyl (C=O) groups excluding carboxylic acids is 3. The minimum atomic E-state index is -1.02. The number of nitrogens with zero attached hydrogens (tertiary/aromatic N) is 5. The summed E-state index contributed by atoms with van der Waals surface area (Å²) in [5.74, 6) is -0.297. The molecule has 2 aliphatic rings. The number of nitrogens with two attached hydrogens (primary N) is 1. The van der Waals surface area contributed by atoms with Gasteiger partial charge < -0.3 is 20.9 Å². The Labute approximate surface area is 195 Å². The quantitative estimate of drug-likeness (QED) is 0.530. The largest absolute Gasteiger partial charge is 0.348 e. The Balaban J connectivity index is 1.42. The highest BCUT2D eigenvalue weighted by atomic mass is 32.2. The highest BCUT2D eigenvalue weighted by Gasteiger charge is 2.43. The molecule has 0 saturated carbocycles. The number of thioether (sulfide) groups is 1. The molecule has 2 aromatic rings. The van der Waals surface area contributed by atoms with Crippen LogP contribution in [0.1, 0.15) is 19.4 Å². The summed E-state index contributed by atoms with van der Waals surface area (Å²) in [4.78, 5) is 44.9. The van der Waals surface area contributed by atoms with Crippen molar-refractivity contribution in [1.29, 1.82) is 0 Å². The minimum Gasteiger partial charge on any atom is -0.348 e. The van der Waals surface area contributed by atoms with Gasteiger partial charge in [0, 0.05) is 25.3 Å². The topological polar surface area (TPSA) is 138 Å². The molecule has 0 radical (unpaired) electrons. The summed E-state index contributed by atoms with van der Waals surface area (Å²) >= 11 is 1.17. The molecule has 3 heterocycles. The Morgan fingerprint density at radius 2 is 2.00 bits per heavy atom. The first kappa shape index (κ1) is 22.8. The van der Waals surface area contributed by atoms with E-state index in [0.717, 1.165) is 11.3 Å². The molecule has 174 valence electrons. The first-order chi connectivity index (χ1) is 15.7. The van der Waals surface area contributed by atoms with E-state index >= 15 is 0 Å². The summed E-state index contributed by atoms with van der Waals surface area (Å²) in [6.45, 7) is 4.17. The Hall–Kier alpha value is -3.38. The maximum absolute atomic E-state index is 12.9. The number of hydrogen-bond donors (Lipinski definition) is 3. The van der Waals surface area contributed by atoms with Crippen molar-refractivity contribution < 1.29 is 14.4 Å². The third kappa shape index (κ3) is 4.71. The Morgan fingerprint density at radius 3 is 2.73 bits per heavy atom. The lowest BCUT2D eigenvalue weighted by Gasteiger charge is -2.41. The summed E-state index contributed by atoms with van der Waals surface area (Å²) in [6, 6.07) is 7.84. The molecule has 2 aliphatic heterocycles. The Bertz CT molecular complexity index is 1100. The van der Waals surface area contributed by atoms with Crippen LogP contribution in [0.2, 0.25) is 0 Å². The average molecular weight is 471 g/mol. The summed E-state index contributed by atoms with van der Waals surface area (Å²) in [6.07, 6.45) is 1.04. The lowest BCUT2D eigenvalue weighted by Crippen LogP contribution is -2.70. The minimum absolute atomic E-state index is 0.0153. The van der Waals surface area contributed by atoms with E-state index in [1.54, 1.807) is 4.68 Å². The molecule has 33 heavy (non-hydrogen) atoms. The lowest BCUT2D eigenvalue weighted by molar-refractivity contribution is -0.140. The zero-order chi connectivity index (χ0) is 23.7. The number of likely N-dealkylation sites (N-methyl/N-ethyl adjacent to an activating group) is 1. The standard InChI is InChI=1S/C21H26N8O3S/c1-12-9-13(2)29-19(23-12)25-20(26-29)33-11-15(30)27(3)16-17(22)28(21(32)24-18(16)31)10-14-7-5-4-6-8-14/h4-9,12,16-17H,10-11,22H2,1-3H3,(H,23,25,26)(H,24,31,32). The second-order valence-electron chi connectivity index (χ2n) is 8.01. The fourth-order valence-electron chi connectivity index (χ4n) is 3.83. The fraction of sp³-hybridized carbons (Fsp3) is 0.381. The van der Waals surface area contributed by atoms with Crippen LogP contribution in [-0.2, 0) is 16.1 Å². The van der Waals surface area contributed by atoms with Gasteiger partial charge in [0.15, 0.2) is 0 Å². The summed E-state index contributed by atoms with van der Waals surface area (Å²) < 4.78 is 1.69. The van der Waals surface area contributed by atoms with Crippen LogP contribution in [0.5, 0.6) is 0 Å². The molecule has 1 fully saturated rings. The number of rotatable bonds is 6. The Morgan fingerprint density at radius 1 is 1.27 bits per heavy atom. The lowest BCUT2D eigenvalue weighted by atomic mass is 10.1. The maximum atomic E-state index is 12.9. The van der Waals surface area contributed by atoms with E-state index in [4.69, 9.17) is 5.73 Å². The zero-order valence-electron chi connectivity index (χ0n) is 18.6. The number of nitrogens with one attached hydrogen (secondary N) is 2. The number of hydrogen-bond acceptors (Lipinski definition) is 8. The summed E-state index contributed by atoms with van der Waals surface area (Å²) in [7, 11) is 1.51. The first-order valence-electron chi connectivity index (χ1n) is 10.5. The van der Waals surface area contributed by atoms with Crippen LogP contribution in [0.3, 0.4) is 0 Å². The smallest absolute Gasteiger partial charge is 0.325 e. The highest BCUT2D eigenvalue weighted by molar-refractivity contribution is 7.99. The van der Waals surface area contributed by atoms with Gasteiger partial charge in [-0.3, -0.25) is 14.9 Å². The van der Waals surface area contributed by atoms with Crippen LogP contribution in [0.4, 0.5) is 10.7 Å². The average Bonchev–Trinajstić information content (AvgIpc) is 3.18. The van der Waals surface area contributed by atoms with Crippen molar-refractivity contribution in [1.82, 2.24) is 29.9 Å². The fourth-order valence-corrected chi connectivity index (χ4v) is 4.58. The monoisotopic (exact) mass is 470 g/mol. The number of benzene rings is 1. The van der Waals surface area contributed by atoms with Crippen LogP contribution in [0.25, 0.3) is 5.70 Å². The molecule has 3 atom stereocenters. The van der Waals surface area contributed by atoms with E-state index in [1.165, 1.54) is 28.6 Å². The first-order valence-corrected chi connectivity index (χ1v) is 11.4. The molecular formula is C21H26N8O3S. The van der Waals surface area contributed by atoms with Gasteiger partial charge in [-0.25, -0.2) is 9.48 Å². The predicted octanol–water partition coefficient (Wildman–Crippen LogP) is 0.909. The van der Waals surface area contributed by atoms with E-state index in [0.29, 0.717) is 11.1 Å². The van der Waals surface area contributed by atoms with Crippen molar-refractivity contribution in [2.45, 2.75) is 43.8 Å². The van der Waals surface area contributed by atoms with Gasteiger partial charge >= 0.3 is 6.03 Å². The van der Waals surface area contributed by atoms with Crippen molar-refractivity contribution in [2.24, 2.45) is 5.73 Å². The van der Waals surface area contributed by atoms with Gasteiger partial charge in [0.25, 0.3) is 5.91 Å². The van der Waals surface area contributed by atoms with Gasteiger partial charge in [0.1, 0.15) is 12.2 Å². The van der Waals surface area contributed by atoms with E-state index in [2.05, 4.69) is 20.7 Å². The van der Waals surface area contributed by atoms with Gasteiger partial charge in [0.05, 0.1) is 5.75 Å². The van der Waals surface area contributed by atoms with Crippen molar-refractivity contribution in [3.63, 3.8) is 0 Å². The third-order valence-electron chi connectivity index (χ3n) is 5.54. The van der Waals surface area contributed by atoms with Gasteiger partial charge in [0.2, 0.25) is 17.0 Å². The second-order valence-corrected chi connectivity index (χ2v) is 8.95. The molecule has 3 unspecified atom stereocenters. The molecule has 1 aromatic heterocycles. The number of urea groups is 1. The molecule has 4 N–H and O–H groups in total. The van der Waals surface area contributed by atoms with Gasteiger partial charge in [-0.2, -0.15) is 4.98 Å². The van der Waals surface area contributed by atoms with Crippen LogP contribution in [0, 0.1) is 0 Å². The molecule has 11 nitrogen and oxygen atoms in total. The SMILES string of the molecule is CC1=CC(C)Nc2nc(SCC(=O)N(C)C3C(=O)NC(=O)N(Cc4ccccc4)C3N)nn21. The van der Waals surface area contributed by atoms with Gasteiger partial charge in [-0.05, 0) is 25.5 Å². The van der Waals surface area contributed by atoms with E-state index < -0.39 is 24.1 Å². The number of fused-ring (bicyclic) bond motifs is 1. The van der Waals surface area contributed by atoms with Crippen molar-refractivity contribution in [3.05, 3.63) is 42.0 Å². The van der Waals surface area contributed by atoms with E-state index in [9.17, 15) is 14.4 Å². The number of aromatic nitrogens is 3. The summed E-state index contributed by atoms with van der Waals surface area (Å²) in [5, 5.41) is 10.4. The number of anilines is 1. The molecule has 1 aromatic carbocycles. The Kier molecular flexibility index (Phi) is 6.38. The number of amides is 4. The van der Waals surface area contributed by atoms with Crippen molar-refractivity contribution in [2.75, 3.05) is 18.1 Å². The van der Waals surface area contributed by atoms with E-state index in [-0.39, 0.29) is 24.2 Å². The number of imide groups is 1. The molecule has 12 heteroatoms. The van der Waals surface area contributed by atoms with Crippen LogP contribution in [0.15, 0.2) is 41.6 Å². The van der Waals surface area contributed by atoms with Crippen molar-refractivity contribution in [3.8, 4) is 0 Å². The number of carbonyl (C=O) groups is 3. The van der Waals surface area contributed by atoms with Crippen LogP contribution < -0.4 is 16.4 Å². The molecule has 0 aliphatic carbocycles. The molecule has 1 saturated heterocycles.